The Kier molecular flexibility index (Phi) is 4.21. The number of benzene rings is 1. The zero-order chi connectivity index (χ0) is 17.3. The molecule has 130 valence electrons. The van der Waals surface area contributed by atoms with E-state index in [2.05, 4.69) is 20.2 Å². The van der Waals surface area contributed by atoms with Gasteiger partial charge in [-0.25, -0.2) is 14.8 Å². The van der Waals surface area contributed by atoms with Gasteiger partial charge in [0.1, 0.15) is 0 Å². The maximum atomic E-state index is 12.7. The van der Waals surface area contributed by atoms with Gasteiger partial charge in [0.2, 0.25) is 5.95 Å². The molecule has 2 aromatic rings. The van der Waals surface area contributed by atoms with Crippen LogP contribution in [0.3, 0.4) is 0 Å². The van der Waals surface area contributed by atoms with E-state index < -0.39 is 0 Å². The van der Waals surface area contributed by atoms with Gasteiger partial charge in [-0.2, -0.15) is 0 Å². The molecule has 2 heterocycles. The van der Waals surface area contributed by atoms with E-state index >= 15 is 0 Å². The molecular formula is C18H20ClN5O. The normalized spacial score (nSPS) is 18.8. The molecule has 2 aliphatic rings. The highest BCUT2D eigenvalue weighted by molar-refractivity contribution is 6.30. The van der Waals surface area contributed by atoms with Crippen molar-refractivity contribution in [1.82, 2.24) is 20.2 Å². The minimum Gasteiger partial charge on any atom is -0.337 e. The van der Waals surface area contributed by atoms with Gasteiger partial charge in [0.25, 0.3) is 0 Å². The van der Waals surface area contributed by atoms with Crippen molar-refractivity contribution in [2.75, 3.05) is 31.1 Å². The number of aromatic nitrogens is 2. The largest absolute Gasteiger partial charge is 0.337 e. The number of urea groups is 1. The molecule has 0 bridgehead atoms. The topological polar surface area (TPSA) is 61.4 Å². The zero-order valence-corrected chi connectivity index (χ0v) is 14.6. The lowest BCUT2D eigenvalue weighted by molar-refractivity contribution is 0.188. The smallest absolute Gasteiger partial charge is 0.318 e. The van der Waals surface area contributed by atoms with Gasteiger partial charge in [-0.1, -0.05) is 23.7 Å². The van der Waals surface area contributed by atoms with Gasteiger partial charge in [-0.3, -0.25) is 0 Å². The number of hydrogen-bond donors (Lipinski definition) is 1. The number of rotatable bonds is 3. The lowest BCUT2D eigenvalue weighted by atomic mass is 10.1. The predicted octanol–water partition coefficient (Wildman–Crippen LogP) is 2.65. The Balaban J connectivity index is 1.36. The number of hydrogen-bond acceptors (Lipinski definition) is 4. The fourth-order valence-corrected chi connectivity index (χ4v) is 3.35. The van der Waals surface area contributed by atoms with Crippen LogP contribution in [0.2, 0.25) is 5.02 Å². The van der Waals surface area contributed by atoms with E-state index in [1.165, 1.54) is 0 Å². The molecule has 1 aliphatic heterocycles. The number of halogens is 1. The lowest BCUT2D eigenvalue weighted by Crippen LogP contribution is -2.53. The Labute approximate surface area is 151 Å². The molecule has 1 saturated carbocycles. The van der Waals surface area contributed by atoms with Crippen molar-refractivity contribution in [3.05, 3.63) is 53.3 Å². The van der Waals surface area contributed by atoms with Crippen LogP contribution in [0.25, 0.3) is 0 Å². The molecule has 0 unspecified atom stereocenters. The van der Waals surface area contributed by atoms with Crippen molar-refractivity contribution in [2.24, 2.45) is 0 Å². The van der Waals surface area contributed by atoms with Crippen LogP contribution >= 0.6 is 11.6 Å². The van der Waals surface area contributed by atoms with E-state index in [0.717, 1.165) is 37.4 Å². The predicted molar refractivity (Wildman–Crippen MR) is 96.7 cm³/mol. The Morgan fingerprint density at radius 2 is 1.68 bits per heavy atom. The summed E-state index contributed by atoms with van der Waals surface area (Å²) in [7, 11) is 0. The quantitative estimate of drug-likeness (QED) is 0.917. The SMILES string of the molecule is O=C(NC1(c2ccc(Cl)cc2)CC1)N1CCN(c2ncccn2)CC1. The molecule has 6 nitrogen and oxygen atoms in total. The molecule has 0 atom stereocenters. The molecule has 4 rings (SSSR count). The monoisotopic (exact) mass is 357 g/mol. The lowest BCUT2D eigenvalue weighted by Gasteiger charge is -2.35. The first-order chi connectivity index (χ1) is 12.2. The van der Waals surface area contributed by atoms with E-state index in [9.17, 15) is 4.79 Å². The number of amides is 2. The second-order valence-corrected chi connectivity index (χ2v) is 6.98. The Hall–Kier alpha value is -2.34. The van der Waals surface area contributed by atoms with Gasteiger partial charge >= 0.3 is 6.03 Å². The first-order valence-corrected chi connectivity index (χ1v) is 8.89. The Morgan fingerprint density at radius 1 is 1.04 bits per heavy atom. The fourth-order valence-electron chi connectivity index (χ4n) is 3.23. The van der Waals surface area contributed by atoms with Gasteiger partial charge in [0.05, 0.1) is 5.54 Å². The van der Waals surface area contributed by atoms with Gasteiger partial charge in [-0.15, -0.1) is 0 Å². The average Bonchev–Trinajstić information content (AvgIpc) is 3.43. The minimum absolute atomic E-state index is 0.00100. The van der Waals surface area contributed by atoms with Crippen LogP contribution in [0.5, 0.6) is 0 Å². The molecular weight excluding hydrogens is 338 g/mol. The van der Waals surface area contributed by atoms with Crippen molar-refractivity contribution in [3.8, 4) is 0 Å². The summed E-state index contributed by atoms with van der Waals surface area (Å²) in [5, 5.41) is 3.93. The van der Waals surface area contributed by atoms with Crippen molar-refractivity contribution < 1.29 is 4.79 Å². The van der Waals surface area contributed by atoms with Crippen LogP contribution in [-0.4, -0.2) is 47.1 Å². The van der Waals surface area contributed by atoms with Crippen LogP contribution in [-0.2, 0) is 5.54 Å². The zero-order valence-electron chi connectivity index (χ0n) is 13.9. The van der Waals surface area contributed by atoms with E-state index in [1.54, 1.807) is 18.5 Å². The summed E-state index contributed by atoms with van der Waals surface area (Å²) in [4.78, 5) is 25.2. The average molecular weight is 358 g/mol. The maximum absolute atomic E-state index is 12.7. The number of piperazine rings is 1. The maximum Gasteiger partial charge on any atom is 0.318 e. The molecule has 1 aromatic heterocycles. The Morgan fingerprint density at radius 3 is 2.28 bits per heavy atom. The molecule has 7 heteroatoms. The number of carbonyl (C=O) groups excluding carboxylic acids is 1. The van der Waals surface area contributed by atoms with Crippen LogP contribution in [0.4, 0.5) is 10.7 Å². The first kappa shape index (κ1) is 16.1. The summed E-state index contributed by atoms with van der Waals surface area (Å²) in [5.41, 5.74) is 0.906. The second-order valence-electron chi connectivity index (χ2n) is 6.54. The first-order valence-electron chi connectivity index (χ1n) is 8.51. The summed E-state index contributed by atoms with van der Waals surface area (Å²) in [6.07, 6.45) is 5.42. The minimum atomic E-state index is -0.221. The van der Waals surface area contributed by atoms with Crippen LogP contribution in [0, 0.1) is 0 Å². The number of carbonyl (C=O) groups is 1. The molecule has 1 aliphatic carbocycles. The molecule has 1 saturated heterocycles. The number of nitrogens with one attached hydrogen (secondary N) is 1. The molecule has 1 N–H and O–H groups in total. The van der Waals surface area contributed by atoms with Crippen LogP contribution in [0.1, 0.15) is 18.4 Å². The number of anilines is 1. The molecule has 25 heavy (non-hydrogen) atoms. The molecule has 1 aromatic carbocycles. The van der Waals surface area contributed by atoms with E-state index in [0.29, 0.717) is 18.1 Å². The standard InChI is InChI=1S/C18H20ClN5O/c19-15-4-2-14(3-5-15)18(6-7-18)22-17(25)24-12-10-23(11-13-24)16-20-8-1-9-21-16/h1-5,8-9H,6-7,10-13H2,(H,22,25). The van der Waals surface area contributed by atoms with Crippen LogP contribution < -0.4 is 10.2 Å². The summed E-state index contributed by atoms with van der Waals surface area (Å²) in [5.74, 6) is 0.724. The van der Waals surface area contributed by atoms with Gasteiger partial charge in [0.15, 0.2) is 0 Å². The summed E-state index contributed by atoms with van der Waals surface area (Å²) < 4.78 is 0. The summed E-state index contributed by atoms with van der Waals surface area (Å²) in [6.45, 7) is 2.82. The highest BCUT2D eigenvalue weighted by Crippen LogP contribution is 2.45. The molecule has 2 fully saturated rings. The highest BCUT2D eigenvalue weighted by Gasteiger charge is 2.46. The molecule has 2 amide bonds. The van der Waals surface area contributed by atoms with E-state index in [4.69, 9.17) is 11.6 Å². The third kappa shape index (κ3) is 3.39. The number of nitrogens with zero attached hydrogens (tertiary/aromatic N) is 4. The summed E-state index contributed by atoms with van der Waals surface area (Å²) in [6, 6.07) is 9.56. The van der Waals surface area contributed by atoms with Crippen molar-refractivity contribution in [2.45, 2.75) is 18.4 Å². The van der Waals surface area contributed by atoms with Gasteiger partial charge in [-0.05, 0) is 36.6 Å². The third-order valence-corrected chi connectivity index (χ3v) is 5.15. The third-order valence-electron chi connectivity index (χ3n) is 4.89. The van der Waals surface area contributed by atoms with Crippen molar-refractivity contribution in [3.63, 3.8) is 0 Å². The van der Waals surface area contributed by atoms with E-state index in [1.807, 2.05) is 29.2 Å². The fraction of sp³-hybridized carbons (Fsp3) is 0.389. The second kappa shape index (κ2) is 6.52. The van der Waals surface area contributed by atoms with E-state index in [-0.39, 0.29) is 11.6 Å². The van der Waals surface area contributed by atoms with Gasteiger partial charge < -0.3 is 15.1 Å². The van der Waals surface area contributed by atoms with Crippen molar-refractivity contribution >= 4 is 23.6 Å². The highest BCUT2D eigenvalue weighted by atomic mass is 35.5. The van der Waals surface area contributed by atoms with Crippen LogP contribution in [0.15, 0.2) is 42.7 Å². The van der Waals surface area contributed by atoms with Crippen molar-refractivity contribution in [1.29, 1.82) is 0 Å². The molecule has 0 spiro atoms. The molecule has 0 radical (unpaired) electrons. The summed E-state index contributed by atoms with van der Waals surface area (Å²) >= 11 is 5.96. The van der Waals surface area contributed by atoms with Gasteiger partial charge in [0, 0.05) is 43.6 Å². The Bertz CT molecular complexity index is 740.